The summed E-state index contributed by atoms with van der Waals surface area (Å²) in [7, 11) is -3.41. The minimum atomic E-state index is -3.41. The van der Waals surface area contributed by atoms with E-state index >= 15 is 0 Å². The normalized spacial score (nSPS) is 22.8. The Kier molecular flexibility index (Phi) is 3.56. The molecule has 96 valence electrons. The third-order valence-electron chi connectivity index (χ3n) is 3.24. The van der Waals surface area contributed by atoms with Crippen molar-refractivity contribution >= 4 is 10.0 Å². The molecule has 17 heavy (non-hydrogen) atoms. The predicted octanol–water partition coefficient (Wildman–Crippen LogP) is 1.07. The maximum Gasteiger partial charge on any atom is 0.244 e. The van der Waals surface area contributed by atoms with Crippen LogP contribution in [0.2, 0.25) is 0 Å². The van der Waals surface area contributed by atoms with Crippen LogP contribution >= 0.6 is 0 Å². The van der Waals surface area contributed by atoms with E-state index in [0.717, 1.165) is 19.3 Å². The second-order valence-corrected chi connectivity index (χ2v) is 6.37. The van der Waals surface area contributed by atoms with Crippen molar-refractivity contribution in [3.05, 3.63) is 18.0 Å². The van der Waals surface area contributed by atoms with Gasteiger partial charge in [-0.05, 0) is 25.8 Å². The Morgan fingerprint density at radius 3 is 2.88 bits per heavy atom. The van der Waals surface area contributed by atoms with Gasteiger partial charge in [0, 0.05) is 24.5 Å². The molecule has 1 aliphatic heterocycles. The number of H-pyrrole nitrogens is 1. The molecule has 6 heteroatoms. The molecule has 0 spiro atoms. The highest BCUT2D eigenvalue weighted by molar-refractivity contribution is 7.89. The molecule has 1 fully saturated rings. The second-order valence-electron chi connectivity index (χ2n) is 4.48. The molecular formula is C11H18N2O3S. The molecule has 1 saturated heterocycles. The Morgan fingerprint density at radius 2 is 2.29 bits per heavy atom. The van der Waals surface area contributed by atoms with Gasteiger partial charge in [0.1, 0.15) is 0 Å². The number of aromatic amines is 1. The number of hydrogen-bond donors (Lipinski definition) is 2. The monoisotopic (exact) mass is 258 g/mol. The fourth-order valence-corrected chi connectivity index (χ4v) is 3.94. The van der Waals surface area contributed by atoms with Gasteiger partial charge in [-0.2, -0.15) is 4.31 Å². The second kappa shape index (κ2) is 4.80. The molecule has 2 N–H and O–H groups in total. The molecule has 1 aromatic heterocycles. The van der Waals surface area contributed by atoms with Crippen molar-refractivity contribution in [2.24, 2.45) is 0 Å². The van der Waals surface area contributed by atoms with E-state index in [9.17, 15) is 8.42 Å². The maximum absolute atomic E-state index is 12.4. The number of rotatable bonds is 3. The molecule has 0 aliphatic carbocycles. The number of aliphatic hydroxyl groups excluding tert-OH is 1. The van der Waals surface area contributed by atoms with E-state index in [2.05, 4.69) is 4.98 Å². The summed E-state index contributed by atoms with van der Waals surface area (Å²) in [6.45, 7) is 2.35. The lowest BCUT2D eigenvalue weighted by Crippen LogP contribution is -2.41. The summed E-state index contributed by atoms with van der Waals surface area (Å²) in [4.78, 5) is 3.01. The van der Waals surface area contributed by atoms with Crippen LogP contribution in [0.15, 0.2) is 17.2 Å². The zero-order valence-corrected chi connectivity index (χ0v) is 10.7. The van der Waals surface area contributed by atoms with E-state index in [1.54, 1.807) is 4.31 Å². The Bertz CT molecular complexity index is 481. The van der Waals surface area contributed by atoms with Gasteiger partial charge >= 0.3 is 0 Å². The molecule has 0 bridgehead atoms. The largest absolute Gasteiger partial charge is 0.390 e. The van der Waals surface area contributed by atoms with Crippen LogP contribution in [0.3, 0.4) is 0 Å². The van der Waals surface area contributed by atoms with Crippen molar-refractivity contribution in [2.75, 3.05) is 6.54 Å². The van der Waals surface area contributed by atoms with Crippen molar-refractivity contribution in [3.63, 3.8) is 0 Å². The Hall–Kier alpha value is -0.850. The minimum absolute atomic E-state index is 0.0567. The zero-order valence-electron chi connectivity index (χ0n) is 9.89. The van der Waals surface area contributed by atoms with Gasteiger partial charge in [-0.15, -0.1) is 0 Å². The fraction of sp³-hybridized carbons (Fsp3) is 0.636. The quantitative estimate of drug-likeness (QED) is 0.851. The summed E-state index contributed by atoms with van der Waals surface area (Å²) < 4.78 is 26.3. The van der Waals surface area contributed by atoms with Crippen molar-refractivity contribution in [1.29, 1.82) is 0 Å². The standard InChI is InChI=1S/C11H18N2O3S/c1-9-4-2-3-5-13(9)17(15,16)11-6-10(8-14)12-7-11/h6-7,9,12,14H,2-5,8H2,1H3. The molecule has 2 rings (SSSR count). The highest BCUT2D eigenvalue weighted by Crippen LogP contribution is 2.25. The van der Waals surface area contributed by atoms with Crippen LogP contribution < -0.4 is 0 Å². The van der Waals surface area contributed by atoms with E-state index in [0.29, 0.717) is 12.2 Å². The summed E-state index contributed by atoms with van der Waals surface area (Å²) in [6, 6.07) is 1.55. The number of nitrogens with zero attached hydrogens (tertiary/aromatic N) is 1. The summed E-state index contributed by atoms with van der Waals surface area (Å²) in [5.74, 6) is 0. The number of nitrogens with one attached hydrogen (secondary N) is 1. The summed E-state index contributed by atoms with van der Waals surface area (Å²) in [5.41, 5.74) is 0.522. The van der Waals surface area contributed by atoms with Crippen molar-refractivity contribution in [3.8, 4) is 0 Å². The number of hydrogen-bond acceptors (Lipinski definition) is 3. The SMILES string of the molecule is CC1CCCCN1S(=O)(=O)c1c[nH]c(CO)c1. The summed E-state index contributed by atoms with van der Waals surface area (Å²) in [6.07, 6.45) is 4.36. The first-order valence-corrected chi connectivity index (χ1v) is 7.29. The smallest absolute Gasteiger partial charge is 0.244 e. The van der Waals surface area contributed by atoms with Crippen LogP contribution in [-0.2, 0) is 16.6 Å². The van der Waals surface area contributed by atoms with Crippen LogP contribution in [0.25, 0.3) is 0 Å². The number of aromatic nitrogens is 1. The first-order valence-electron chi connectivity index (χ1n) is 5.85. The molecule has 1 unspecified atom stereocenters. The maximum atomic E-state index is 12.4. The van der Waals surface area contributed by atoms with E-state index in [-0.39, 0.29) is 17.5 Å². The van der Waals surface area contributed by atoms with Crippen LogP contribution in [-0.4, -0.2) is 35.4 Å². The highest BCUT2D eigenvalue weighted by Gasteiger charge is 2.31. The van der Waals surface area contributed by atoms with E-state index in [1.165, 1.54) is 12.3 Å². The average Bonchev–Trinajstić information content (AvgIpc) is 2.78. The van der Waals surface area contributed by atoms with Gasteiger partial charge < -0.3 is 10.1 Å². The number of aliphatic hydroxyl groups is 1. The molecule has 0 aromatic carbocycles. The number of piperidine rings is 1. The Morgan fingerprint density at radius 1 is 1.53 bits per heavy atom. The highest BCUT2D eigenvalue weighted by atomic mass is 32.2. The average molecular weight is 258 g/mol. The first kappa shape index (κ1) is 12.6. The molecule has 1 aliphatic rings. The van der Waals surface area contributed by atoms with Gasteiger partial charge in [-0.1, -0.05) is 6.42 Å². The lowest BCUT2D eigenvalue weighted by molar-refractivity contribution is 0.268. The van der Waals surface area contributed by atoms with E-state index < -0.39 is 10.0 Å². The van der Waals surface area contributed by atoms with Crippen LogP contribution in [0.1, 0.15) is 31.9 Å². The van der Waals surface area contributed by atoms with Gasteiger partial charge in [-0.3, -0.25) is 0 Å². The third-order valence-corrected chi connectivity index (χ3v) is 5.23. The molecular weight excluding hydrogens is 240 g/mol. The molecule has 1 atom stereocenters. The lowest BCUT2D eigenvalue weighted by Gasteiger charge is -2.31. The van der Waals surface area contributed by atoms with Gasteiger partial charge in [-0.25, -0.2) is 8.42 Å². The van der Waals surface area contributed by atoms with Crippen LogP contribution in [0.5, 0.6) is 0 Å². The molecule has 0 saturated carbocycles. The molecule has 0 amide bonds. The predicted molar refractivity (Wildman–Crippen MR) is 63.9 cm³/mol. The summed E-state index contributed by atoms with van der Waals surface area (Å²) in [5, 5.41) is 8.94. The topological polar surface area (TPSA) is 73.4 Å². The first-order chi connectivity index (χ1) is 8.05. The zero-order chi connectivity index (χ0) is 12.5. The number of sulfonamides is 1. The van der Waals surface area contributed by atoms with Gasteiger partial charge in [0.2, 0.25) is 10.0 Å². The van der Waals surface area contributed by atoms with Crippen LogP contribution in [0, 0.1) is 0 Å². The van der Waals surface area contributed by atoms with Gasteiger partial charge in [0.25, 0.3) is 0 Å². The van der Waals surface area contributed by atoms with Crippen molar-refractivity contribution in [2.45, 2.75) is 43.7 Å². The van der Waals surface area contributed by atoms with E-state index in [1.807, 2.05) is 6.92 Å². The molecule has 5 nitrogen and oxygen atoms in total. The fourth-order valence-electron chi connectivity index (χ4n) is 2.22. The van der Waals surface area contributed by atoms with Crippen LogP contribution in [0.4, 0.5) is 0 Å². The van der Waals surface area contributed by atoms with Crippen molar-refractivity contribution < 1.29 is 13.5 Å². The van der Waals surface area contributed by atoms with Gasteiger partial charge in [0.15, 0.2) is 0 Å². The Balaban J connectivity index is 2.28. The van der Waals surface area contributed by atoms with Gasteiger partial charge in [0.05, 0.1) is 11.5 Å². The Labute approximate surface area is 102 Å². The third kappa shape index (κ3) is 2.38. The molecule has 1 aromatic rings. The van der Waals surface area contributed by atoms with E-state index in [4.69, 9.17) is 5.11 Å². The summed E-state index contributed by atoms with van der Waals surface area (Å²) >= 11 is 0. The minimum Gasteiger partial charge on any atom is -0.390 e. The van der Waals surface area contributed by atoms with Crippen molar-refractivity contribution in [1.82, 2.24) is 9.29 Å². The lowest BCUT2D eigenvalue weighted by atomic mass is 10.1. The molecule has 0 radical (unpaired) electrons. The molecule has 2 heterocycles.